The van der Waals surface area contributed by atoms with Crippen LogP contribution in [-0.2, 0) is 11.3 Å². The lowest BCUT2D eigenvalue weighted by atomic mass is 9.99. The number of aliphatic hydroxyl groups is 1. The summed E-state index contributed by atoms with van der Waals surface area (Å²) in [6, 6.07) is 14.2. The summed E-state index contributed by atoms with van der Waals surface area (Å²) in [6.45, 7) is 5.89. The number of halogens is 3. The minimum atomic E-state index is -4.85. The van der Waals surface area contributed by atoms with Crippen LogP contribution in [0.5, 0.6) is 5.75 Å². The molecule has 3 aromatic rings. The number of carbonyl (C=O) groups is 2. The Labute approximate surface area is 230 Å². The first kappa shape index (κ1) is 29.0. The number of amides is 2. The molecule has 1 atom stereocenters. The Hall–Kier alpha value is -3.99. The van der Waals surface area contributed by atoms with Gasteiger partial charge in [0.2, 0.25) is 0 Å². The molecule has 1 aliphatic rings. The number of aliphatic hydroxyl groups excluding tert-OH is 1. The molecule has 2 heterocycles. The number of aromatic nitrogens is 1. The van der Waals surface area contributed by atoms with Crippen molar-refractivity contribution in [3.8, 4) is 28.1 Å². The Bertz CT molecular complexity index is 1360. The second kappa shape index (κ2) is 11.6. The van der Waals surface area contributed by atoms with Crippen LogP contribution in [0.1, 0.15) is 55.7 Å². The monoisotopic (exact) mass is 559 g/mol. The molecule has 8 nitrogen and oxygen atoms in total. The van der Waals surface area contributed by atoms with Crippen LogP contribution in [0.2, 0.25) is 0 Å². The molecular weight excluding hydrogens is 527 g/mol. The number of rotatable bonds is 8. The first-order valence-corrected chi connectivity index (χ1v) is 12.9. The molecule has 0 bridgehead atoms. The average molecular weight is 560 g/mol. The highest BCUT2D eigenvalue weighted by Gasteiger charge is 2.33. The van der Waals surface area contributed by atoms with Gasteiger partial charge in [0, 0.05) is 18.7 Å². The molecule has 3 N–H and O–H groups in total. The highest BCUT2D eigenvalue weighted by atomic mass is 19.4. The number of alkyl halides is 3. The number of hydrogen-bond donors (Lipinski definition) is 3. The van der Waals surface area contributed by atoms with E-state index in [4.69, 9.17) is 4.74 Å². The summed E-state index contributed by atoms with van der Waals surface area (Å²) in [5.41, 5.74) is 2.84. The van der Waals surface area contributed by atoms with Gasteiger partial charge < -0.3 is 29.8 Å². The Balaban J connectivity index is 1.70. The highest BCUT2D eigenvalue weighted by molar-refractivity contribution is 5.98. The van der Waals surface area contributed by atoms with Gasteiger partial charge in [0.25, 0.3) is 5.91 Å². The zero-order chi connectivity index (χ0) is 29.1. The number of alkyl carbamates (subject to hydrolysis) is 1. The van der Waals surface area contributed by atoms with Gasteiger partial charge in [-0.25, -0.2) is 4.79 Å². The smallest absolute Gasteiger partial charge is 0.444 e. The van der Waals surface area contributed by atoms with Gasteiger partial charge in [-0.3, -0.25) is 4.79 Å². The molecular formula is C29H32F3N3O5. The van der Waals surface area contributed by atoms with E-state index in [2.05, 4.69) is 15.4 Å². The van der Waals surface area contributed by atoms with E-state index in [9.17, 15) is 27.9 Å². The van der Waals surface area contributed by atoms with E-state index in [1.807, 2.05) is 4.57 Å². The van der Waals surface area contributed by atoms with Crippen LogP contribution >= 0.6 is 0 Å². The zero-order valence-corrected chi connectivity index (χ0v) is 22.5. The Morgan fingerprint density at radius 3 is 2.48 bits per heavy atom. The average Bonchev–Trinajstić information content (AvgIpc) is 3.28. The van der Waals surface area contributed by atoms with Crippen LogP contribution in [0.15, 0.2) is 54.6 Å². The fraction of sp³-hybridized carbons (Fsp3) is 0.379. The van der Waals surface area contributed by atoms with E-state index < -0.39 is 18.1 Å². The molecule has 0 fully saturated rings. The third kappa shape index (κ3) is 7.15. The van der Waals surface area contributed by atoms with E-state index in [1.54, 1.807) is 57.2 Å². The topological polar surface area (TPSA) is 102 Å². The van der Waals surface area contributed by atoms with Crippen molar-refractivity contribution < 1.29 is 37.3 Å². The van der Waals surface area contributed by atoms with E-state index in [-0.39, 0.29) is 24.3 Å². The van der Waals surface area contributed by atoms with Gasteiger partial charge in [0.15, 0.2) is 0 Å². The number of nitrogens with zero attached hydrogens (tertiary/aromatic N) is 1. The van der Waals surface area contributed by atoms with Gasteiger partial charge >= 0.3 is 12.5 Å². The second-order valence-electron chi connectivity index (χ2n) is 10.5. The summed E-state index contributed by atoms with van der Waals surface area (Å²) in [7, 11) is 0. The predicted molar refractivity (Wildman–Crippen MR) is 143 cm³/mol. The van der Waals surface area contributed by atoms with Crippen molar-refractivity contribution in [2.45, 2.75) is 58.2 Å². The van der Waals surface area contributed by atoms with Crippen LogP contribution in [0.4, 0.5) is 18.0 Å². The molecule has 0 saturated heterocycles. The molecule has 2 aromatic carbocycles. The summed E-state index contributed by atoms with van der Waals surface area (Å²) in [5.74, 6) is -0.671. The summed E-state index contributed by atoms with van der Waals surface area (Å²) in [4.78, 5) is 25.0. The zero-order valence-electron chi connectivity index (χ0n) is 22.5. The third-order valence-electron chi connectivity index (χ3n) is 6.30. The van der Waals surface area contributed by atoms with E-state index in [0.717, 1.165) is 5.56 Å². The van der Waals surface area contributed by atoms with E-state index in [0.29, 0.717) is 54.0 Å². The summed E-state index contributed by atoms with van der Waals surface area (Å²) >= 11 is 0. The SMILES string of the molecule is CC(C)(C)OC(=O)NCCC[C@H]1CNC(=O)c2cc(-c3cccc(OC(F)(F)F)c3)c(-c3ccc(CO)cc3)n21. The van der Waals surface area contributed by atoms with Crippen LogP contribution in [0, 0.1) is 0 Å². The fourth-order valence-electron chi connectivity index (χ4n) is 4.69. The Morgan fingerprint density at radius 1 is 1.10 bits per heavy atom. The minimum Gasteiger partial charge on any atom is -0.444 e. The van der Waals surface area contributed by atoms with Crippen LogP contribution in [0.3, 0.4) is 0 Å². The van der Waals surface area contributed by atoms with Crippen molar-refractivity contribution >= 4 is 12.0 Å². The quantitative estimate of drug-likeness (QED) is 0.303. The number of carbonyl (C=O) groups excluding carboxylic acids is 2. The summed E-state index contributed by atoms with van der Waals surface area (Å²) < 4.78 is 50.1. The van der Waals surface area contributed by atoms with Gasteiger partial charge in [-0.1, -0.05) is 36.4 Å². The maximum Gasteiger partial charge on any atom is 0.573 e. The van der Waals surface area contributed by atoms with Crippen molar-refractivity contribution in [2.75, 3.05) is 13.1 Å². The van der Waals surface area contributed by atoms with Crippen molar-refractivity contribution in [3.63, 3.8) is 0 Å². The molecule has 2 amide bonds. The molecule has 0 radical (unpaired) electrons. The molecule has 4 rings (SSSR count). The number of fused-ring (bicyclic) bond motifs is 1. The van der Waals surface area contributed by atoms with Gasteiger partial charge in [-0.05, 0) is 68.5 Å². The fourth-order valence-corrected chi connectivity index (χ4v) is 4.69. The molecule has 1 aliphatic heterocycles. The predicted octanol–water partition coefficient (Wildman–Crippen LogP) is 5.80. The van der Waals surface area contributed by atoms with Crippen molar-refractivity contribution in [1.29, 1.82) is 0 Å². The second-order valence-corrected chi connectivity index (χ2v) is 10.5. The maximum absolute atomic E-state index is 13.0. The largest absolute Gasteiger partial charge is 0.573 e. The first-order chi connectivity index (χ1) is 18.8. The number of hydrogen-bond acceptors (Lipinski definition) is 5. The normalized spacial score (nSPS) is 15.3. The molecule has 11 heteroatoms. The first-order valence-electron chi connectivity index (χ1n) is 12.9. The van der Waals surface area contributed by atoms with Crippen LogP contribution < -0.4 is 15.4 Å². The molecule has 40 heavy (non-hydrogen) atoms. The van der Waals surface area contributed by atoms with Gasteiger partial charge in [-0.2, -0.15) is 0 Å². The van der Waals surface area contributed by atoms with E-state index >= 15 is 0 Å². The molecule has 0 saturated carbocycles. The van der Waals surface area contributed by atoms with Crippen molar-refractivity contribution in [2.24, 2.45) is 0 Å². The van der Waals surface area contributed by atoms with Crippen LogP contribution in [-0.4, -0.2) is 46.7 Å². The lowest BCUT2D eigenvalue weighted by Gasteiger charge is -2.29. The van der Waals surface area contributed by atoms with Crippen molar-refractivity contribution in [3.05, 3.63) is 65.9 Å². The molecule has 0 unspecified atom stereocenters. The van der Waals surface area contributed by atoms with Gasteiger partial charge in [-0.15, -0.1) is 13.2 Å². The standard InChI is InChI=1S/C29H32F3N3O5/c1-28(2,3)40-27(38)33-13-5-7-21-16-34-26(37)24-15-23(20-6-4-8-22(14-20)39-29(30,31)32)25(35(21)24)19-11-9-18(17-36)10-12-19/h4,6,8-12,14-15,21,36H,5,7,13,16-17H2,1-3H3,(H,33,38)(H,34,37)/t21-/m0/s1. The van der Waals surface area contributed by atoms with Crippen molar-refractivity contribution in [1.82, 2.24) is 15.2 Å². The molecule has 214 valence electrons. The number of nitrogens with one attached hydrogen (secondary N) is 2. The number of benzene rings is 2. The lowest BCUT2D eigenvalue weighted by molar-refractivity contribution is -0.274. The highest BCUT2D eigenvalue weighted by Crippen LogP contribution is 2.41. The third-order valence-corrected chi connectivity index (χ3v) is 6.30. The maximum atomic E-state index is 13.0. The Morgan fingerprint density at radius 2 is 1.82 bits per heavy atom. The summed E-state index contributed by atoms with van der Waals surface area (Å²) in [5, 5.41) is 15.1. The van der Waals surface area contributed by atoms with Gasteiger partial charge in [0.05, 0.1) is 18.3 Å². The number of ether oxygens (including phenoxy) is 2. The molecule has 0 spiro atoms. The molecule has 0 aliphatic carbocycles. The van der Waals surface area contributed by atoms with Gasteiger partial charge in [0.1, 0.15) is 17.0 Å². The van der Waals surface area contributed by atoms with E-state index in [1.165, 1.54) is 18.2 Å². The minimum absolute atomic E-state index is 0.147. The lowest BCUT2D eigenvalue weighted by Crippen LogP contribution is -2.39. The summed E-state index contributed by atoms with van der Waals surface area (Å²) in [6.07, 6.45) is -4.18. The Kier molecular flexibility index (Phi) is 8.43. The van der Waals surface area contributed by atoms with Crippen LogP contribution in [0.25, 0.3) is 22.4 Å². The molecule has 1 aromatic heterocycles.